The molecule has 1 atom stereocenters. The summed E-state index contributed by atoms with van der Waals surface area (Å²) in [6, 6.07) is 6.57. The number of hydrogen-bond donors (Lipinski definition) is 1. The SMILES string of the molecule is CC(C)COc1ccc2c(c1)CCCC2N. The number of nitrogens with two attached hydrogens (primary N) is 1. The molecule has 0 saturated heterocycles. The van der Waals surface area contributed by atoms with Gasteiger partial charge in [-0.25, -0.2) is 0 Å². The van der Waals surface area contributed by atoms with Gasteiger partial charge in [-0.05, 0) is 48.4 Å². The second-order valence-electron chi connectivity index (χ2n) is 5.06. The summed E-state index contributed by atoms with van der Waals surface area (Å²) in [5, 5.41) is 0. The zero-order chi connectivity index (χ0) is 11.5. The van der Waals surface area contributed by atoms with E-state index in [1.807, 2.05) is 6.07 Å². The lowest BCUT2D eigenvalue weighted by molar-refractivity contribution is 0.270. The van der Waals surface area contributed by atoms with Crippen molar-refractivity contribution >= 4 is 0 Å². The summed E-state index contributed by atoms with van der Waals surface area (Å²) in [6.07, 6.45) is 3.45. The second-order valence-corrected chi connectivity index (χ2v) is 5.06. The molecule has 0 aliphatic heterocycles. The van der Waals surface area contributed by atoms with Crippen LogP contribution in [0.25, 0.3) is 0 Å². The normalized spacial score (nSPS) is 19.6. The lowest BCUT2D eigenvalue weighted by Gasteiger charge is -2.22. The van der Waals surface area contributed by atoms with Crippen molar-refractivity contribution in [3.05, 3.63) is 29.3 Å². The molecule has 1 aromatic carbocycles. The van der Waals surface area contributed by atoms with Crippen LogP contribution in [0, 0.1) is 5.92 Å². The largest absolute Gasteiger partial charge is 0.493 e. The molecule has 0 heterocycles. The van der Waals surface area contributed by atoms with Crippen molar-refractivity contribution < 1.29 is 4.74 Å². The lowest BCUT2D eigenvalue weighted by atomic mass is 9.88. The van der Waals surface area contributed by atoms with Crippen molar-refractivity contribution in [1.82, 2.24) is 0 Å². The van der Waals surface area contributed by atoms with E-state index in [-0.39, 0.29) is 6.04 Å². The standard InChI is InChI=1S/C14H21NO/c1-10(2)9-16-12-6-7-13-11(8-12)4-3-5-14(13)15/h6-8,10,14H,3-5,9,15H2,1-2H3. The molecule has 1 aliphatic carbocycles. The van der Waals surface area contributed by atoms with Gasteiger partial charge in [0.1, 0.15) is 5.75 Å². The number of rotatable bonds is 3. The van der Waals surface area contributed by atoms with Crippen LogP contribution < -0.4 is 10.5 Å². The van der Waals surface area contributed by atoms with E-state index in [0.717, 1.165) is 25.2 Å². The van der Waals surface area contributed by atoms with Gasteiger partial charge in [-0.3, -0.25) is 0 Å². The third-order valence-corrected chi connectivity index (χ3v) is 3.06. The van der Waals surface area contributed by atoms with Gasteiger partial charge < -0.3 is 10.5 Å². The Hall–Kier alpha value is -1.02. The van der Waals surface area contributed by atoms with E-state index >= 15 is 0 Å². The van der Waals surface area contributed by atoms with Gasteiger partial charge in [0, 0.05) is 6.04 Å². The van der Waals surface area contributed by atoms with E-state index in [4.69, 9.17) is 10.5 Å². The number of aryl methyl sites for hydroxylation is 1. The van der Waals surface area contributed by atoms with Crippen LogP contribution in [0.2, 0.25) is 0 Å². The molecule has 2 rings (SSSR count). The summed E-state index contributed by atoms with van der Waals surface area (Å²) in [7, 11) is 0. The van der Waals surface area contributed by atoms with Crippen LogP contribution in [-0.4, -0.2) is 6.61 Å². The fraction of sp³-hybridized carbons (Fsp3) is 0.571. The highest BCUT2D eigenvalue weighted by molar-refractivity contribution is 5.38. The minimum atomic E-state index is 0.225. The van der Waals surface area contributed by atoms with Crippen molar-refractivity contribution in [1.29, 1.82) is 0 Å². The Morgan fingerprint density at radius 1 is 1.44 bits per heavy atom. The highest BCUT2D eigenvalue weighted by Gasteiger charge is 2.16. The molecule has 0 spiro atoms. The van der Waals surface area contributed by atoms with Crippen LogP contribution in [0.15, 0.2) is 18.2 Å². The van der Waals surface area contributed by atoms with Crippen molar-refractivity contribution in [3.8, 4) is 5.75 Å². The molecule has 0 fully saturated rings. The monoisotopic (exact) mass is 219 g/mol. The molecule has 1 aromatic rings. The maximum absolute atomic E-state index is 6.08. The average Bonchev–Trinajstić information content (AvgIpc) is 2.26. The van der Waals surface area contributed by atoms with Crippen LogP contribution in [0.4, 0.5) is 0 Å². The Bertz CT molecular complexity index is 360. The van der Waals surface area contributed by atoms with E-state index in [1.165, 1.54) is 17.5 Å². The van der Waals surface area contributed by atoms with Crippen molar-refractivity contribution in [2.45, 2.75) is 39.2 Å². The predicted octanol–water partition coefficient (Wildman–Crippen LogP) is 3.06. The lowest BCUT2D eigenvalue weighted by Crippen LogP contribution is -2.17. The second kappa shape index (κ2) is 4.88. The molecule has 0 bridgehead atoms. The van der Waals surface area contributed by atoms with Gasteiger partial charge in [0.2, 0.25) is 0 Å². The molecule has 2 heteroatoms. The molecule has 16 heavy (non-hydrogen) atoms. The summed E-state index contributed by atoms with van der Waals surface area (Å²) >= 11 is 0. The number of benzene rings is 1. The highest BCUT2D eigenvalue weighted by Crippen LogP contribution is 2.30. The first-order chi connectivity index (χ1) is 7.66. The van der Waals surface area contributed by atoms with Gasteiger partial charge >= 0.3 is 0 Å². The molecule has 88 valence electrons. The minimum Gasteiger partial charge on any atom is -0.493 e. The average molecular weight is 219 g/mol. The van der Waals surface area contributed by atoms with Gasteiger partial charge in [-0.1, -0.05) is 19.9 Å². The molecule has 2 nitrogen and oxygen atoms in total. The molecule has 1 aliphatic rings. The Morgan fingerprint density at radius 2 is 2.25 bits per heavy atom. The molecule has 0 amide bonds. The molecule has 0 aromatic heterocycles. The first-order valence-corrected chi connectivity index (χ1v) is 6.18. The van der Waals surface area contributed by atoms with E-state index in [1.54, 1.807) is 0 Å². The minimum absolute atomic E-state index is 0.225. The molecular formula is C14H21NO. The first-order valence-electron chi connectivity index (χ1n) is 6.18. The fourth-order valence-electron chi connectivity index (χ4n) is 2.18. The summed E-state index contributed by atoms with van der Waals surface area (Å²) < 4.78 is 5.73. The van der Waals surface area contributed by atoms with Crippen LogP contribution in [0.5, 0.6) is 5.75 Å². The van der Waals surface area contributed by atoms with Gasteiger partial charge in [-0.2, -0.15) is 0 Å². The molecule has 1 unspecified atom stereocenters. The molecular weight excluding hydrogens is 198 g/mol. The molecule has 0 radical (unpaired) electrons. The quantitative estimate of drug-likeness (QED) is 0.848. The highest BCUT2D eigenvalue weighted by atomic mass is 16.5. The third-order valence-electron chi connectivity index (χ3n) is 3.06. The van der Waals surface area contributed by atoms with Gasteiger partial charge in [0.15, 0.2) is 0 Å². The number of hydrogen-bond acceptors (Lipinski definition) is 2. The summed E-state index contributed by atoms with van der Waals surface area (Å²) in [5.74, 6) is 1.56. The van der Waals surface area contributed by atoms with E-state index in [2.05, 4.69) is 26.0 Å². The smallest absolute Gasteiger partial charge is 0.119 e. The van der Waals surface area contributed by atoms with Gasteiger partial charge in [-0.15, -0.1) is 0 Å². The number of ether oxygens (including phenoxy) is 1. The first kappa shape index (κ1) is 11.5. The van der Waals surface area contributed by atoms with Crippen LogP contribution in [0.3, 0.4) is 0 Å². The molecule has 0 saturated carbocycles. The maximum Gasteiger partial charge on any atom is 0.119 e. The van der Waals surface area contributed by atoms with Crippen LogP contribution in [-0.2, 0) is 6.42 Å². The number of fused-ring (bicyclic) bond motifs is 1. The molecule has 2 N–H and O–H groups in total. The van der Waals surface area contributed by atoms with Gasteiger partial charge in [0.25, 0.3) is 0 Å². The van der Waals surface area contributed by atoms with E-state index in [9.17, 15) is 0 Å². The topological polar surface area (TPSA) is 35.2 Å². The zero-order valence-electron chi connectivity index (χ0n) is 10.2. The Balaban J connectivity index is 2.12. The maximum atomic E-state index is 6.08. The van der Waals surface area contributed by atoms with E-state index < -0.39 is 0 Å². The predicted molar refractivity (Wildman–Crippen MR) is 66.6 cm³/mol. The summed E-state index contributed by atoms with van der Waals surface area (Å²) in [6.45, 7) is 5.10. The fourth-order valence-corrected chi connectivity index (χ4v) is 2.18. The third kappa shape index (κ3) is 2.56. The van der Waals surface area contributed by atoms with Crippen LogP contribution in [0.1, 0.15) is 43.9 Å². The van der Waals surface area contributed by atoms with Crippen molar-refractivity contribution in [2.75, 3.05) is 6.61 Å². The van der Waals surface area contributed by atoms with Crippen LogP contribution >= 0.6 is 0 Å². The Morgan fingerprint density at radius 3 is 3.00 bits per heavy atom. The van der Waals surface area contributed by atoms with E-state index in [0.29, 0.717) is 5.92 Å². The van der Waals surface area contributed by atoms with Crippen molar-refractivity contribution in [3.63, 3.8) is 0 Å². The Labute approximate surface area is 97.8 Å². The van der Waals surface area contributed by atoms with Gasteiger partial charge in [0.05, 0.1) is 6.61 Å². The summed E-state index contributed by atoms with van der Waals surface area (Å²) in [4.78, 5) is 0. The van der Waals surface area contributed by atoms with Crippen molar-refractivity contribution in [2.24, 2.45) is 11.7 Å². The zero-order valence-corrected chi connectivity index (χ0v) is 10.2. The summed E-state index contributed by atoms with van der Waals surface area (Å²) in [5.41, 5.74) is 8.76. The Kier molecular flexibility index (Phi) is 3.49.